The first kappa shape index (κ1) is 17.6. The van der Waals surface area contributed by atoms with E-state index in [-0.39, 0.29) is 42.2 Å². The van der Waals surface area contributed by atoms with Crippen LogP contribution < -0.4 is 10.1 Å². The van der Waals surface area contributed by atoms with Crippen molar-refractivity contribution in [2.75, 3.05) is 26.7 Å². The number of imide groups is 1. The zero-order valence-corrected chi connectivity index (χ0v) is 14.4. The lowest BCUT2D eigenvalue weighted by Crippen LogP contribution is -2.49. The van der Waals surface area contributed by atoms with Gasteiger partial charge in [-0.25, -0.2) is 17.6 Å². The molecule has 3 rings (SSSR count). The third-order valence-electron chi connectivity index (χ3n) is 4.41. The Kier molecular flexibility index (Phi) is 4.65. The minimum Gasteiger partial charge on any atom is -0.495 e. The number of rotatable bonds is 4. The number of methoxy groups -OCH3 is 1. The van der Waals surface area contributed by atoms with Gasteiger partial charge in [-0.2, -0.15) is 4.31 Å². The molecule has 0 spiro atoms. The first-order chi connectivity index (χ1) is 11.8. The Balaban J connectivity index is 1.77. The van der Waals surface area contributed by atoms with Gasteiger partial charge < -0.3 is 10.1 Å². The Morgan fingerprint density at radius 1 is 1.24 bits per heavy atom. The normalized spacial score (nSPS) is 20.0. The molecule has 2 fully saturated rings. The third kappa shape index (κ3) is 3.19. The van der Waals surface area contributed by atoms with Crippen LogP contribution in [0.25, 0.3) is 0 Å². The smallest absolute Gasteiger partial charge is 0.324 e. The monoisotopic (exact) mass is 371 g/mol. The predicted octanol–water partition coefficient (Wildman–Crippen LogP) is 0.539. The largest absolute Gasteiger partial charge is 0.495 e. The number of amides is 3. The van der Waals surface area contributed by atoms with Crippen LogP contribution in [-0.2, 0) is 14.8 Å². The highest BCUT2D eigenvalue weighted by Crippen LogP contribution is 2.30. The number of hydrogen-bond acceptors (Lipinski definition) is 5. The van der Waals surface area contributed by atoms with Gasteiger partial charge >= 0.3 is 6.03 Å². The highest BCUT2D eigenvalue weighted by atomic mass is 32.2. The first-order valence-corrected chi connectivity index (χ1v) is 9.22. The van der Waals surface area contributed by atoms with E-state index in [1.807, 2.05) is 0 Å². The van der Waals surface area contributed by atoms with Gasteiger partial charge in [0.2, 0.25) is 15.9 Å². The molecule has 136 valence electrons. The van der Waals surface area contributed by atoms with Crippen LogP contribution in [0.2, 0.25) is 0 Å². The second kappa shape index (κ2) is 6.60. The Hall–Kier alpha value is -2.20. The SMILES string of the molecule is COc1ccc(F)cc1S(=O)(=O)N1CCC(N2C(=O)CNC2=O)CC1. The van der Waals surface area contributed by atoms with E-state index in [9.17, 15) is 22.4 Å². The molecule has 25 heavy (non-hydrogen) atoms. The van der Waals surface area contributed by atoms with Crippen molar-refractivity contribution in [3.63, 3.8) is 0 Å². The van der Waals surface area contributed by atoms with Gasteiger partial charge in [0.25, 0.3) is 0 Å². The predicted molar refractivity (Wildman–Crippen MR) is 85.0 cm³/mol. The lowest BCUT2D eigenvalue weighted by atomic mass is 10.1. The van der Waals surface area contributed by atoms with E-state index in [1.54, 1.807) is 0 Å². The number of hydrogen-bond donors (Lipinski definition) is 1. The third-order valence-corrected chi connectivity index (χ3v) is 6.33. The zero-order chi connectivity index (χ0) is 18.2. The van der Waals surface area contributed by atoms with E-state index in [0.29, 0.717) is 12.8 Å². The average Bonchev–Trinajstić information content (AvgIpc) is 2.93. The van der Waals surface area contributed by atoms with Crippen LogP contribution in [-0.4, -0.2) is 62.3 Å². The van der Waals surface area contributed by atoms with Crippen molar-refractivity contribution in [2.45, 2.75) is 23.8 Å². The molecule has 3 amide bonds. The summed E-state index contributed by atoms with van der Waals surface area (Å²) in [5.41, 5.74) is 0. The molecule has 2 heterocycles. The van der Waals surface area contributed by atoms with Crippen molar-refractivity contribution in [2.24, 2.45) is 0 Å². The number of nitrogens with zero attached hydrogens (tertiary/aromatic N) is 2. The van der Waals surface area contributed by atoms with E-state index in [1.165, 1.54) is 17.5 Å². The molecule has 1 N–H and O–H groups in total. The topological polar surface area (TPSA) is 96.0 Å². The molecule has 0 unspecified atom stereocenters. The summed E-state index contributed by atoms with van der Waals surface area (Å²) in [5, 5.41) is 2.45. The standard InChI is InChI=1S/C15H18FN3O5S/c1-24-12-3-2-10(16)8-13(12)25(22,23)18-6-4-11(5-7-18)19-14(20)9-17-15(19)21/h2-3,8,11H,4-7,9H2,1H3,(H,17,21). The number of carbonyl (C=O) groups excluding carboxylic acids is 2. The fourth-order valence-corrected chi connectivity index (χ4v) is 4.77. The highest BCUT2D eigenvalue weighted by Gasteiger charge is 2.39. The van der Waals surface area contributed by atoms with E-state index in [4.69, 9.17) is 4.74 Å². The average molecular weight is 371 g/mol. The van der Waals surface area contributed by atoms with Crippen LogP contribution in [0.3, 0.4) is 0 Å². The van der Waals surface area contributed by atoms with Crippen LogP contribution in [0.15, 0.2) is 23.1 Å². The van der Waals surface area contributed by atoms with Gasteiger partial charge in [-0.05, 0) is 31.0 Å². The number of halogens is 1. The molecule has 0 aromatic heterocycles. The van der Waals surface area contributed by atoms with Crippen molar-refractivity contribution in [1.82, 2.24) is 14.5 Å². The number of piperidine rings is 1. The molecule has 8 nitrogen and oxygen atoms in total. The summed E-state index contributed by atoms with van der Waals surface area (Å²) < 4.78 is 45.3. The van der Waals surface area contributed by atoms with Crippen molar-refractivity contribution >= 4 is 22.0 Å². The number of urea groups is 1. The number of benzene rings is 1. The van der Waals surface area contributed by atoms with Gasteiger partial charge in [-0.1, -0.05) is 0 Å². The van der Waals surface area contributed by atoms with Crippen molar-refractivity contribution in [3.8, 4) is 5.75 Å². The second-order valence-corrected chi connectivity index (χ2v) is 7.76. The van der Waals surface area contributed by atoms with Crippen LogP contribution in [0.5, 0.6) is 5.75 Å². The summed E-state index contributed by atoms with van der Waals surface area (Å²) in [4.78, 5) is 24.4. The van der Waals surface area contributed by atoms with Crippen LogP contribution in [0.4, 0.5) is 9.18 Å². The van der Waals surface area contributed by atoms with Gasteiger partial charge in [0.1, 0.15) is 16.5 Å². The van der Waals surface area contributed by atoms with Gasteiger partial charge in [0.15, 0.2) is 0 Å². The molecule has 10 heteroatoms. The van der Waals surface area contributed by atoms with Gasteiger partial charge in [-0.3, -0.25) is 9.69 Å². The maximum Gasteiger partial charge on any atom is 0.324 e. The molecule has 1 aromatic carbocycles. The van der Waals surface area contributed by atoms with Crippen LogP contribution in [0, 0.1) is 5.82 Å². The minimum atomic E-state index is -3.94. The molecule has 0 radical (unpaired) electrons. The molecule has 2 aliphatic heterocycles. The molecule has 0 bridgehead atoms. The Morgan fingerprint density at radius 3 is 2.48 bits per heavy atom. The zero-order valence-electron chi connectivity index (χ0n) is 13.6. The second-order valence-electron chi connectivity index (χ2n) is 5.85. The van der Waals surface area contributed by atoms with Crippen LogP contribution in [0.1, 0.15) is 12.8 Å². The Morgan fingerprint density at radius 2 is 1.92 bits per heavy atom. The molecule has 0 aliphatic carbocycles. The summed E-state index contributed by atoms with van der Waals surface area (Å²) >= 11 is 0. The number of nitrogens with one attached hydrogen (secondary N) is 1. The van der Waals surface area contributed by atoms with E-state index in [0.717, 1.165) is 17.0 Å². The summed E-state index contributed by atoms with van der Waals surface area (Å²) in [7, 11) is -2.62. The molecular formula is C15H18FN3O5S. The number of carbonyl (C=O) groups is 2. The maximum atomic E-state index is 13.5. The number of sulfonamides is 1. The quantitative estimate of drug-likeness (QED) is 0.780. The summed E-state index contributed by atoms with van der Waals surface area (Å²) in [5.74, 6) is -0.913. The van der Waals surface area contributed by atoms with Crippen molar-refractivity contribution in [1.29, 1.82) is 0 Å². The lowest BCUT2D eigenvalue weighted by Gasteiger charge is -2.34. The number of ether oxygens (including phenoxy) is 1. The van der Waals surface area contributed by atoms with E-state index in [2.05, 4.69) is 5.32 Å². The van der Waals surface area contributed by atoms with Gasteiger partial charge in [-0.15, -0.1) is 0 Å². The fourth-order valence-electron chi connectivity index (χ4n) is 3.14. The Labute approximate surface area is 144 Å². The van der Waals surface area contributed by atoms with Gasteiger partial charge in [0, 0.05) is 19.1 Å². The molecule has 1 aromatic rings. The highest BCUT2D eigenvalue weighted by molar-refractivity contribution is 7.89. The van der Waals surface area contributed by atoms with Crippen LogP contribution >= 0.6 is 0 Å². The molecule has 0 atom stereocenters. The van der Waals surface area contributed by atoms with Crippen molar-refractivity contribution < 1.29 is 27.1 Å². The molecule has 0 saturated carbocycles. The molecule has 2 saturated heterocycles. The van der Waals surface area contributed by atoms with Gasteiger partial charge in [0.05, 0.1) is 13.7 Å². The lowest BCUT2D eigenvalue weighted by molar-refractivity contribution is -0.127. The maximum absolute atomic E-state index is 13.5. The van der Waals surface area contributed by atoms with E-state index >= 15 is 0 Å². The van der Waals surface area contributed by atoms with E-state index < -0.39 is 21.9 Å². The van der Waals surface area contributed by atoms with Crippen molar-refractivity contribution in [3.05, 3.63) is 24.0 Å². The fraction of sp³-hybridized carbons (Fsp3) is 0.467. The Bertz CT molecular complexity index is 789. The summed E-state index contributed by atoms with van der Waals surface area (Å²) in [6.45, 7) is 0.227. The summed E-state index contributed by atoms with van der Waals surface area (Å²) in [6, 6.07) is 2.54. The molecular weight excluding hydrogens is 353 g/mol. The first-order valence-electron chi connectivity index (χ1n) is 7.78. The minimum absolute atomic E-state index is 0.0299. The molecule has 2 aliphatic rings. The summed E-state index contributed by atoms with van der Waals surface area (Å²) in [6.07, 6.45) is 0.659.